The number of halogens is 1. The third-order valence-corrected chi connectivity index (χ3v) is 3.78. The standard InChI is InChI=1S/C14H14FN5O/c15-12-2-1-10(5-11(12)6-16)8-20-4-3-14(21,9-20)13-7-17-19-18-13/h1-2,5,7,21H,3-4,8-9H2,(H,17,18,19)/t14-/m0/s1. The summed E-state index contributed by atoms with van der Waals surface area (Å²) in [4.78, 5) is 2.04. The molecule has 2 aromatic rings. The third kappa shape index (κ3) is 2.63. The molecule has 0 radical (unpaired) electrons. The molecule has 1 fully saturated rings. The van der Waals surface area contributed by atoms with Crippen LogP contribution in [0, 0.1) is 17.1 Å². The van der Waals surface area contributed by atoms with E-state index in [1.54, 1.807) is 12.1 Å². The Morgan fingerprint density at radius 2 is 2.38 bits per heavy atom. The minimum Gasteiger partial charge on any atom is -0.382 e. The Balaban J connectivity index is 1.72. The van der Waals surface area contributed by atoms with Crippen molar-refractivity contribution in [2.24, 2.45) is 0 Å². The van der Waals surface area contributed by atoms with Crippen LogP contribution in [0.4, 0.5) is 4.39 Å². The van der Waals surface area contributed by atoms with E-state index in [2.05, 4.69) is 15.4 Å². The Morgan fingerprint density at radius 1 is 1.52 bits per heavy atom. The van der Waals surface area contributed by atoms with Crippen molar-refractivity contribution in [2.45, 2.75) is 18.6 Å². The number of nitrogens with one attached hydrogen (secondary N) is 1. The van der Waals surface area contributed by atoms with Crippen LogP contribution in [-0.4, -0.2) is 38.5 Å². The maximum absolute atomic E-state index is 13.3. The number of hydrogen-bond donors (Lipinski definition) is 2. The highest BCUT2D eigenvalue weighted by molar-refractivity contribution is 5.34. The van der Waals surface area contributed by atoms with Crippen molar-refractivity contribution >= 4 is 0 Å². The average molecular weight is 287 g/mol. The zero-order chi connectivity index (χ0) is 14.9. The molecule has 0 aliphatic carbocycles. The zero-order valence-corrected chi connectivity index (χ0v) is 11.3. The largest absolute Gasteiger partial charge is 0.382 e. The molecule has 1 aromatic carbocycles. The summed E-state index contributed by atoms with van der Waals surface area (Å²) in [7, 11) is 0. The quantitative estimate of drug-likeness (QED) is 0.876. The number of H-pyrrole nitrogens is 1. The summed E-state index contributed by atoms with van der Waals surface area (Å²) in [6, 6.07) is 6.33. The van der Waals surface area contributed by atoms with Crippen molar-refractivity contribution < 1.29 is 9.50 Å². The second-order valence-corrected chi connectivity index (χ2v) is 5.27. The highest BCUT2D eigenvalue weighted by Crippen LogP contribution is 2.31. The maximum Gasteiger partial charge on any atom is 0.140 e. The van der Waals surface area contributed by atoms with Crippen LogP contribution in [0.2, 0.25) is 0 Å². The number of hydrogen-bond acceptors (Lipinski definition) is 5. The number of nitriles is 1. The van der Waals surface area contributed by atoms with Crippen LogP contribution < -0.4 is 0 Å². The first-order chi connectivity index (χ1) is 10.1. The van der Waals surface area contributed by atoms with E-state index in [0.717, 1.165) is 5.56 Å². The van der Waals surface area contributed by atoms with E-state index >= 15 is 0 Å². The van der Waals surface area contributed by atoms with E-state index in [-0.39, 0.29) is 5.56 Å². The van der Waals surface area contributed by atoms with E-state index in [1.807, 2.05) is 11.0 Å². The normalized spacial score (nSPS) is 22.3. The number of nitrogens with zero attached hydrogens (tertiary/aromatic N) is 4. The van der Waals surface area contributed by atoms with Crippen molar-refractivity contribution in [3.63, 3.8) is 0 Å². The molecule has 7 heteroatoms. The highest BCUT2D eigenvalue weighted by Gasteiger charge is 2.39. The zero-order valence-electron chi connectivity index (χ0n) is 11.3. The summed E-state index contributed by atoms with van der Waals surface area (Å²) in [5.74, 6) is -0.512. The number of likely N-dealkylation sites (tertiary alicyclic amines) is 1. The lowest BCUT2D eigenvalue weighted by Crippen LogP contribution is -2.31. The molecule has 1 saturated heterocycles. The van der Waals surface area contributed by atoms with Crippen LogP contribution >= 0.6 is 0 Å². The van der Waals surface area contributed by atoms with Gasteiger partial charge in [0.05, 0.1) is 11.8 Å². The molecule has 1 aliphatic heterocycles. The molecule has 3 rings (SSSR count). The number of benzene rings is 1. The van der Waals surface area contributed by atoms with Crippen LogP contribution in [-0.2, 0) is 12.1 Å². The van der Waals surface area contributed by atoms with Crippen molar-refractivity contribution in [1.29, 1.82) is 5.26 Å². The number of aromatic nitrogens is 3. The number of rotatable bonds is 3. The maximum atomic E-state index is 13.3. The fourth-order valence-corrected chi connectivity index (χ4v) is 2.66. The van der Waals surface area contributed by atoms with Gasteiger partial charge < -0.3 is 5.11 Å². The Labute approximate surface area is 120 Å². The van der Waals surface area contributed by atoms with Gasteiger partial charge in [-0.1, -0.05) is 6.07 Å². The van der Waals surface area contributed by atoms with E-state index < -0.39 is 11.4 Å². The molecule has 1 aliphatic rings. The van der Waals surface area contributed by atoms with Gasteiger partial charge in [-0.15, -0.1) is 0 Å². The first-order valence-electron chi connectivity index (χ1n) is 6.60. The van der Waals surface area contributed by atoms with Crippen LogP contribution in [0.15, 0.2) is 24.4 Å². The molecule has 1 aromatic heterocycles. The second-order valence-electron chi connectivity index (χ2n) is 5.27. The Bertz CT molecular complexity index is 681. The van der Waals surface area contributed by atoms with E-state index in [0.29, 0.717) is 31.7 Å². The summed E-state index contributed by atoms with van der Waals surface area (Å²) >= 11 is 0. The summed E-state index contributed by atoms with van der Waals surface area (Å²) in [5.41, 5.74) is 0.406. The molecular formula is C14H14FN5O. The summed E-state index contributed by atoms with van der Waals surface area (Å²) < 4.78 is 13.3. The van der Waals surface area contributed by atoms with Gasteiger partial charge in [0.1, 0.15) is 23.2 Å². The molecule has 1 atom stereocenters. The first kappa shape index (κ1) is 13.7. The lowest BCUT2D eigenvalue weighted by molar-refractivity contribution is 0.0409. The minimum atomic E-state index is -1.01. The Hall–Kier alpha value is -2.30. The van der Waals surface area contributed by atoms with E-state index in [4.69, 9.17) is 5.26 Å². The Kier molecular flexibility index (Phi) is 3.41. The van der Waals surface area contributed by atoms with Crippen molar-refractivity contribution in [3.05, 3.63) is 47.0 Å². The predicted octanol–water partition coefficient (Wildman–Crippen LogP) is 0.909. The minimum absolute atomic E-state index is 0.0402. The van der Waals surface area contributed by atoms with Gasteiger partial charge in [0, 0.05) is 19.6 Å². The molecule has 0 amide bonds. The van der Waals surface area contributed by atoms with E-state index in [9.17, 15) is 9.50 Å². The molecular weight excluding hydrogens is 273 g/mol. The average Bonchev–Trinajstić information content (AvgIpc) is 3.12. The van der Waals surface area contributed by atoms with E-state index in [1.165, 1.54) is 12.3 Å². The molecule has 0 unspecified atom stereocenters. The highest BCUT2D eigenvalue weighted by atomic mass is 19.1. The molecule has 2 heterocycles. The monoisotopic (exact) mass is 287 g/mol. The number of aliphatic hydroxyl groups is 1. The molecule has 0 spiro atoms. The van der Waals surface area contributed by atoms with Gasteiger partial charge in [-0.05, 0) is 24.1 Å². The molecule has 0 saturated carbocycles. The van der Waals surface area contributed by atoms with Gasteiger partial charge in [-0.3, -0.25) is 4.90 Å². The van der Waals surface area contributed by atoms with Gasteiger partial charge >= 0.3 is 0 Å². The van der Waals surface area contributed by atoms with Crippen LogP contribution in [0.5, 0.6) is 0 Å². The van der Waals surface area contributed by atoms with Gasteiger partial charge in [0.25, 0.3) is 0 Å². The molecule has 2 N–H and O–H groups in total. The summed E-state index contributed by atoms with van der Waals surface area (Å²) in [6.07, 6.45) is 2.08. The van der Waals surface area contributed by atoms with Gasteiger partial charge in [0.2, 0.25) is 0 Å². The predicted molar refractivity (Wildman–Crippen MR) is 71.3 cm³/mol. The van der Waals surface area contributed by atoms with Crippen LogP contribution in [0.1, 0.15) is 23.2 Å². The van der Waals surface area contributed by atoms with Crippen molar-refractivity contribution in [3.8, 4) is 6.07 Å². The Morgan fingerprint density at radius 3 is 3.10 bits per heavy atom. The fraction of sp³-hybridized carbons (Fsp3) is 0.357. The summed E-state index contributed by atoms with van der Waals surface area (Å²) in [6.45, 7) is 1.68. The molecule has 0 bridgehead atoms. The second kappa shape index (κ2) is 5.24. The molecule has 21 heavy (non-hydrogen) atoms. The van der Waals surface area contributed by atoms with Gasteiger partial charge in [-0.2, -0.15) is 20.7 Å². The number of β-amino-alcohol motifs (C(OH)–C–C–N with tert-alkyl or cyclic N) is 1. The third-order valence-electron chi connectivity index (χ3n) is 3.78. The lowest BCUT2D eigenvalue weighted by Gasteiger charge is -2.21. The van der Waals surface area contributed by atoms with Crippen LogP contribution in [0.25, 0.3) is 0 Å². The van der Waals surface area contributed by atoms with Crippen LogP contribution in [0.3, 0.4) is 0 Å². The smallest absolute Gasteiger partial charge is 0.140 e. The first-order valence-corrected chi connectivity index (χ1v) is 6.60. The van der Waals surface area contributed by atoms with Crippen molar-refractivity contribution in [1.82, 2.24) is 20.3 Å². The van der Waals surface area contributed by atoms with Crippen molar-refractivity contribution in [2.75, 3.05) is 13.1 Å². The summed E-state index contributed by atoms with van der Waals surface area (Å²) in [5, 5.41) is 29.6. The number of aromatic amines is 1. The molecule has 108 valence electrons. The SMILES string of the molecule is N#Cc1cc(CN2CC[C@@](O)(c3cn[nH]n3)C2)ccc1F. The van der Waals surface area contributed by atoms with Gasteiger partial charge in [0.15, 0.2) is 0 Å². The van der Waals surface area contributed by atoms with Gasteiger partial charge in [-0.25, -0.2) is 4.39 Å². The fourth-order valence-electron chi connectivity index (χ4n) is 2.66. The lowest BCUT2D eigenvalue weighted by atomic mass is 10.00. The molecule has 6 nitrogen and oxygen atoms in total. The topological polar surface area (TPSA) is 88.8 Å².